The third-order valence-electron chi connectivity index (χ3n) is 5.12. The summed E-state index contributed by atoms with van der Waals surface area (Å²) in [5, 5.41) is 3.11. The molecule has 1 saturated carbocycles. The first-order valence-electron chi connectivity index (χ1n) is 8.84. The number of pyridine rings is 1. The Hall–Kier alpha value is -2.11. The molecule has 0 unspecified atom stereocenters. The van der Waals surface area contributed by atoms with Gasteiger partial charge in [-0.25, -0.2) is 0 Å². The molecule has 2 aliphatic rings. The molecular weight excluding hydrogens is 306 g/mol. The molecule has 1 aliphatic heterocycles. The lowest BCUT2D eigenvalue weighted by atomic mass is 9.99. The van der Waals surface area contributed by atoms with E-state index in [9.17, 15) is 14.4 Å². The van der Waals surface area contributed by atoms with Crippen molar-refractivity contribution in [2.24, 2.45) is 7.05 Å². The molecule has 0 aromatic carbocycles. The van der Waals surface area contributed by atoms with E-state index < -0.39 is 6.04 Å². The van der Waals surface area contributed by atoms with Crippen molar-refractivity contribution in [3.63, 3.8) is 0 Å². The summed E-state index contributed by atoms with van der Waals surface area (Å²) in [4.78, 5) is 38.9. The summed E-state index contributed by atoms with van der Waals surface area (Å²) in [5.74, 6) is -0.266. The maximum atomic E-state index is 12.8. The summed E-state index contributed by atoms with van der Waals surface area (Å²) in [6.07, 6.45) is 8.49. The van der Waals surface area contributed by atoms with E-state index in [0.717, 1.165) is 38.5 Å². The van der Waals surface area contributed by atoms with Crippen LogP contribution in [-0.2, 0) is 11.8 Å². The lowest BCUT2D eigenvalue weighted by molar-refractivity contribution is -0.127. The van der Waals surface area contributed by atoms with Gasteiger partial charge in [-0.3, -0.25) is 14.4 Å². The average Bonchev–Trinajstić information content (AvgIpc) is 3.09. The number of carbonyl (C=O) groups excluding carboxylic acids is 2. The fourth-order valence-corrected chi connectivity index (χ4v) is 3.66. The lowest BCUT2D eigenvalue weighted by Gasteiger charge is -2.35. The van der Waals surface area contributed by atoms with E-state index in [1.165, 1.54) is 10.6 Å². The predicted molar refractivity (Wildman–Crippen MR) is 90.8 cm³/mol. The van der Waals surface area contributed by atoms with Crippen LogP contribution in [0.25, 0.3) is 0 Å². The number of rotatable bonds is 3. The van der Waals surface area contributed by atoms with Crippen molar-refractivity contribution < 1.29 is 9.59 Å². The van der Waals surface area contributed by atoms with Crippen molar-refractivity contribution in [3.8, 4) is 0 Å². The molecule has 0 radical (unpaired) electrons. The molecule has 1 aliphatic carbocycles. The van der Waals surface area contributed by atoms with Gasteiger partial charge in [0, 0.05) is 37.5 Å². The Labute approximate surface area is 141 Å². The van der Waals surface area contributed by atoms with Crippen molar-refractivity contribution >= 4 is 11.8 Å². The van der Waals surface area contributed by atoms with Gasteiger partial charge in [0.15, 0.2) is 0 Å². The van der Waals surface area contributed by atoms with Gasteiger partial charge in [-0.1, -0.05) is 12.8 Å². The minimum atomic E-state index is -0.420. The third kappa shape index (κ3) is 3.52. The third-order valence-corrected chi connectivity index (χ3v) is 5.12. The molecule has 3 rings (SSSR count). The first-order chi connectivity index (χ1) is 11.6. The van der Waals surface area contributed by atoms with Crippen LogP contribution in [0.2, 0.25) is 0 Å². The second kappa shape index (κ2) is 7.20. The molecule has 1 N–H and O–H groups in total. The van der Waals surface area contributed by atoms with E-state index in [1.807, 2.05) is 0 Å². The Bertz CT molecular complexity index is 676. The zero-order valence-corrected chi connectivity index (χ0v) is 14.2. The van der Waals surface area contributed by atoms with Crippen molar-refractivity contribution in [2.75, 3.05) is 6.54 Å². The zero-order valence-electron chi connectivity index (χ0n) is 14.2. The fraction of sp³-hybridized carbons (Fsp3) is 0.611. The minimum absolute atomic E-state index is 0.0428. The van der Waals surface area contributed by atoms with Crippen LogP contribution in [0.5, 0.6) is 0 Å². The highest BCUT2D eigenvalue weighted by atomic mass is 16.2. The number of hydrogen-bond donors (Lipinski definition) is 1. The van der Waals surface area contributed by atoms with Crippen molar-refractivity contribution in [2.45, 2.75) is 57.0 Å². The van der Waals surface area contributed by atoms with Crippen LogP contribution in [0.15, 0.2) is 23.1 Å². The van der Waals surface area contributed by atoms with Gasteiger partial charge in [0.05, 0.1) is 0 Å². The topological polar surface area (TPSA) is 71.4 Å². The molecule has 2 heterocycles. The highest BCUT2D eigenvalue weighted by Crippen LogP contribution is 2.22. The van der Waals surface area contributed by atoms with Crippen LogP contribution in [0.3, 0.4) is 0 Å². The molecule has 130 valence electrons. The number of nitrogens with one attached hydrogen (secondary N) is 1. The molecule has 0 bridgehead atoms. The maximum Gasteiger partial charge on any atom is 0.254 e. The smallest absolute Gasteiger partial charge is 0.254 e. The summed E-state index contributed by atoms with van der Waals surface area (Å²) in [6, 6.07) is 2.82. The minimum Gasteiger partial charge on any atom is -0.352 e. The molecule has 0 spiro atoms. The summed E-state index contributed by atoms with van der Waals surface area (Å²) in [5.41, 5.74) is 0.142. The standard InChI is InChI=1S/C18H25N3O3/c1-20-11-9-13(12-16(20)22)18(24)21-10-5-4-8-15(21)17(23)19-14-6-2-3-7-14/h9,11-12,14-15H,2-8,10H2,1H3,(H,19,23)/t15-/m0/s1. The number of carbonyl (C=O) groups is 2. The highest BCUT2D eigenvalue weighted by molar-refractivity contribution is 5.97. The van der Waals surface area contributed by atoms with E-state index >= 15 is 0 Å². The van der Waals surface area contributed by atoms with Gasteiger partial charge in [-0.05, 0) is 38.2 Å². The number of hydrogen-bond acceptors (Lipinski definition) is 3. The van der Waals surface area contributed by atoms with E-state index in [2.05, 4.69) is 5.32 Å². The van der Waals surface area contributed by atoms with Gasteiger partial charge in [0.2, 0.25) is 5.91 Å². The number of amides is 2. The van der Waals surface area contributed by atoms with Gasteiger partial charge >= 0.3 is 0 Å². The highest BCUT2D eigenvalue weighted by Gasteiger charge is 2.34. The molecule has 24 heavy (non-hydrogen) atoms. The Morgan fingerprint density at radius 3 is 2.54 bits per heavy atom. The monoisotopic (exact) mass is 331 g/mol. The Morgan fingerprint density at radius 2 is 1.83 bits per heavy atom. The molecule has 6 nitrogen and oxygen atoms in total. The Balaban J connectivity index is 1.75. The van der Waals surface area contributed by atoms with Gasteiger partial charge in [-0.2, -0.15) is 0 Å². The molecule has 1 atom stereocenters. The number of nitrogens with zero attached hydrogens (tertiary/aromatic N) is 2. The van der Waals surface area contributed by atoms with Crippen LogP contribution in [-0.4, -0.2) is 39.9 Å². The maximum absolute atomic E-state index is 12.8. The van der Waals surface area contributed by atoms with Gasteiger partial charge in [0.1, 0.15) is 6.04 Å². The number of piperidine rings is 1. The first-order valence-corrected chi connectivity index (χ1v) is 8.84. The molecule has 1 aromatic heterocycles. The summed E-state index contributed by atoms with van der Waals surface area (Å²) >= 11 is 0. The summed E-state index contributed by atoms with van der Waals surface area (Å²) in [7, 11) is 1.65. The van der Waals surface area contributed by atoms with E-state index in [-0.39, 0.29) is 23.4 Å². The molecule has 6 heteroatoms. The van der Waals surface area contributed by atoms with E-state index in [4.69, 9.17) is 0 Å². The molecule has 1 saturated heterocycles. The van der Waals surface area contributed by atoms with Crippen LogP contribution in [0, 0.1) is 0 Å². The van der Waals surface area contributed by atoms with E-state index in [0.29, 0.717) is 18.5 Å². The van der Waals surface area contributed by atoms with Crippen LogP contribution < -0.4 is 10.9 Å². The Morgan fingerprint density at radius 1 is 1.12 bits per heavy atom. The van der Waals surface area contributed by atoms with Gasteiger partial charge in [0.25, 0.3) is 11.5 Å². The second-order valence-electron chi connectivity index (χ2n) is 6.86. The van der Waals surface area contributed by atoms with Crippen molar-refractivity contribution in [3.05, 3.63) is 34.2 Å². The van der Waals surface area contributed by atoms with Crippen LogP contribution in [0.4, 0.5) is 0 Å². The van der Waals surface area contributed by atoms with Gasteiger partial charge < -0.3 is 14.8 Å². The van der Waals surface area contributed by atoms with Crippen LogP contribution in [0.1, 0.15) is 55.3 Å². The van der Waals surface area contributed by atoms with Crippen LogP contribution >= 0.6 is 0 Å². The van der Waals surface area contributed by atoms with Gasteiger partial charge in [-0.15, -0.1) is 0 Å². The zero-order chi connectivity index (χ0) is 17.1. The largest absolute Gasteiger partial charge is 0.352 e. The number of aryl methyl sites for hydroxylation is 1. The molecule has 2 amide bonds. The second-order valence-corrected chi connectivity index (χ2v) is 6.86. The first kappa shape index (κ1) is 16.7. The molecular formula is C18H25N3O3. The fourth-order valence-electron chi connectivity index (χ4n) is 3.66. The molecule has 1 aromatic rings. The van der Waals surface area contributed by atoms with Crippen molar-refractivity contribution in [1.29, 1.82) is 0 Å². The number of aromatic nitrogens is 1. The summed E-state index contributed by atoms with van der Waals surface area (Å²) < 4.78 is 1.43. The average molecular weight is 331 g/mol. The quantitative estimate of drug-likeness (QED) is 0.911. The molecule has 2 fully saturated rings. The lowest BCUT2D eigenvalue weighted by Crippen LogP contribution is -2.53. The van der Waals surface area contributed by atoms with Crippen molar-refractivity contribution in [1.82, 2.24) is 14.8 Å². The SMILES string of the molecule is Cn1ccc(C(=O)N2CCCC[C@H]2C(=O)NC2CCCC2)cc1=O. The summed E-state index contributed by atoms with van der Waals surface area (Å²) in [6.45, 7) is 0.566. The normalized spacial score (nSPS) is 21.7. The predicted octanol–water partition coefficient (Wildman–Crippen LogP) is 1.44. The van der Waals surface area contributed by atoms with E-state index in [1.54, 1.807) is 24.2 Å². The Kier molecular flexibility index (Phi) is 5.02. The number of likely N-dealkylation sites (tertiary alicyclic amines) is 1.